The summed E-state index contributed by atoms with van der Waals surface area (Å²) in [6, 6.07) is 4.61. The maximum absolute atomic E-state index is 5.39. The van der Waals surface area contributed by atoms with Gasteiger partial charge in [-0.3, -0.25) is 0 Å². The second-order valence-electron chi connectivity index (χ2n) is 5.46. The molecule has 104 valence electrons. The van der Waals surface area contributed by atoms with Crippen molar-refractivity contribution in [1.82, 2.24) is 10.3 Å². The summed E-state index contributed by atoms with van der Waals surface area (Å²) in [6.07, 6.45) is 7.78. The van der Waals surface area contributed by atoms with E-state index < -0.39 is 0 Å². The van der Waals surface area contributed by atoms with Gasteiger partial charge in [-0.15, -0.1) is 0 Å². The summed E-state index contributed by atoms with van der Waals surface area (Å²) >= 11 is 5.39. The van der Waals surface area contributed by atoms with Crippen molar-refractivity contribution in [2.45, 2.75) is 58.4 Å². The van der Waals surface area contributed by atoms with Gasteiger partial charge in [-0.25, -0.2) is 4.98 Å². The topological polar surface area (TPSA) is 37.0 Å². The number of nitrogens with zero attached hydrogens (tertiary/aromatic N) is 1. The molecule has 0 radical (unpaired) electrons. The van der Waals surface area contributed by atoms with E-state index in [9.17, 15) is 0 Å². The van der Waals surface area contributed by atoms with Crippen molar-refractivity contribution in [2.24, 2.45) is 0 Å². The van der Waals surface area contributed by atoms with Crippen LogP contribution in [0.1, 0.15) is 49.8 Å². The van der Waals surface area contributed by atoms with Crippen LogP contribution in [0.3, 0.4) is 0 Å². The van der Waals surface area contributed by atoms with Crippen LogP contribution < -0.4 is 10.6 Å². The van der Waals surface area contributed by atoms with Crippen LogP contribution in [0.4, 0.5) is 5.82 Å². The number of pyridine rings is 1. The monoisotopic (exact) mass is 277 g/mol. The summed E-state index contributed by atoms with van der Waals surface area (Å²) in [5.41, 5.74) is 2.21. The maximum Gasteiger partial charge on any atom is 0.172 e. The molecular weight excluding hydrogens is 254 g/mol. The SMILES string of the molecule is Cc1cc(C)nc(NC(=S)NC2CCCCCC2)c1. The van der Waals surface area contributed by atoms with Crippen LogP contribution in [0.2, 0.25) is 0 Å². The lowest BCUT2D eigenvalue weighted by atomic mass is 10.1. The highest BCUT2D eigenvalue weighted by atomic mass is 32.1. The van der Waals surface area contributed by atoms with E-state index in [4.69, 9.17) is 12.2 Å². The van der Waals surface area contributed by atoms with Crippen molar-refractivity contribution in [2.75, 3.05) is 5.32 Å². The molecule has 19 heavy (non-hydrogen) atoms. The fraction of sp³-hybridized carbons (Fsp3) is 0.600. The lowest BCUT2D eigenvalue weighted by molar-refractivity contribution is 0.535. The number of aromatic nitrogens is 1. The summed E-state index contributed by atoms with van der Waals surface area (Å²) in [7, 11) is 0. The summed E-state index contributed by atoms with van der Waals surface area (Å²) in [6.45, 7) is 4.07. The smallest absolute Gasteiger partial charge is 0.172 e. The van der Waals surface area contributed by atoms with E-state index in [0.29, 0.717) is 11.2 Å². The van der Waals surface area contributed by atoms with E-state index >= 15 is 0 Å². The highest BCUT2D eigenvalue weighted by Crippen LogP contribution is 2.17. The zero-order valence-electron chi connectivity index (χ0n) is 11.8. The normalized spacial score (nSPS) is 16.7. The predicted octanol–water partition coefficient (Wildman–Crippen LogP) is 3.71. The second kappa shape index (κ2) is 6.85. The van der Waals surface area contributed by atoms with Crippen molar-refractivity contribution < 1.29 is 0 Å². The minimum atomic E-state index is 0.522. The Bertz CT molecular complexity index is 417. The van der Waals surface area contributed by atoms with Gasteiger partial charge in [0.15, 0.2) is 5.11 Å². The van der Waals surface area contributed by atoms with Gasteiger partial charge in [-0.1, -0.05) is 25.7 Å². The molecule has 0 unspecified atom stereocenters. The minimum Gasteiger partial charge on any atom is -0.360 e. The number of hydrogen-bond donors (Lipinski definition) is 2. The Hall–Kier alpha value is -1.16. The molecule has 2 rings (SSSR count). The van der Waals surface area contributed by atoms with Crippen molar-refractivity contribution in [3.8, 4) is 0 Å². The summed E-state index contributed by atoms with van der Waals surface area (Å²) in [5, 5.41) is 7.33. The molecule has 1 aromatic heterocycles. The average molecular weight is 277 g/mol. The van der Waals surface area contributed by atoms with Gasteiger partial charge in [0.2, 0.25) is 0 Å². The lowest BCUT2D eigenvalue weighted by Crippen LogP contribution is -2.37. The second-order valence-corrected chi connectivity index (χ2v) is 5.87. The third-order valence-corrected chi connectivity index (χ3v) is 3.75. The molecule has 0 aliphatic heterocycles. The number of thiocarbonyl (C=S) groups is 1. The number of hydrogen-bond acceptors (Lipinski definition) is 2. The van der Waals surface area contributed by atoms with Gasteiger partial charge in [0, 0.05) is 11.7 Å². The molecule has 1 aromatic rings. The van der Waals surface area contributed by atoms with Crippen LogP contribution in [-0.2, 0) is 0 Å². The zero-order chi connectivity index (χ0) is 13.7. The van der Waals surface area contributed by atoms with Crippen LogP contribution >= 0.6 is 12.2 Å². The highest BCUT2D eigenvalue weighted by Gasteiger charge is 2.13. The van der Waals surface area contributed by atoms with Crippen LogP contribution in [0.5, 0.6) is 0 Å². The van der Waals surface area contributed by atoms with E-state index in [1.807, 2.05) is 13.0 Å². The minimum absolute atomic E-state index is 0.522. The molecule has 1 fully saturated rings. The first kappa shape index (κ1) is 14.3. The first-order valence-electron chi connectivity index (χ1n) is 7.16. The maximum atomic E-state index is 5.39. The predicted molar refractivity (Wildman–Crippen MR) is 84.6 cm³/mol. The summed E-state index contributed by atoms with van der Waals surface area (Å²) in [4.78, 5) is 4.45. The molecule has 1 aliphatic carbocycles. The van der Waals surface area contributed by atoms with Crippen molar-refractivity contribution in [3.63, 3.8) is 0 Å². The van der Waals surface area contributed by atoms with Gasteiger partial charge < -0.3 is 10.6 Å². The van der Waals surface area contributed by atoms with Gasteiger partial charge in [0.25, 0.3) is 0 Å². The molecule has 1 heterocycles. The molecular formula is C15H23N3S. The Labute approximate surface area is 121 Å². The first-order chi connectivity index (χ1) is 9.13. The fourth-order valence-corrected chi connectivity index (χ4v) is 2.94. The van der Waals surface area contributed by atoms with Gasteiger partial charge in [-0.2, -0.15) is 0 Å². The van der Waals surface area contributed by atoms with E-state index in [-0.39, 0.29) is 0 Å². The molecule has 4 heteroatoms. The van der Waals surface area contributed by atoms with Crippen LogP contribution in [0.15, 0.2) is 12.1 Å². The van der Waals surface area contributed by atoms with Gasteiger partial charge in [0.1, 0.15) is 5.82 Å². The van der Waals surface area contributed by atoms with E-state index in [2.05, 4.69) is 28.6 Å². The molecule has 1 aliphatic rings. The van der Waals surface area contributed by atoms with Gasteiger partial charge in [0.05, 0.1) is 0 Å². The molecule has 0 atom stereocenters. The van der Waals surface area contributed by atoms with Crippen LogP contribution in [0, 0.1) is 13.8 Å². The fourth-order valence-electron chi connectivity index (χ4n) is 2.67. The van der Waals surface area contributed by atoms with E-state index in [1.165, 1.54) is 44.1 Å². The van der Waals surface area contributed by atoms with Crippen LogP contribution in [-0.4, -0.2) is 16.1 Å². The zero-order valence-corrected chi connectivity index (χ0v) is 12.6. The Kier molecular flexibility index (Phi) is 5.14. The summed E-state index contributed by atoms with van der Waals surface area (Å²) in [5.74, 6) is 0.837. The molecule has 3 nitrogen and oxygen atoms in total. The van der Waals surface area contributed by atoms with Crippen molar-refractivity contribution >= 4 is 23.1 Å². The number of nitrogens with one attached hydrogen (secondary N) is 2. The third kappa shape index (κ3) is 4.78. The Morgan fingerprint density at radius 3 is 2.47 bits per heavy atom. The van der Waals surface area contributed by atoms with Crippen LogP contribution in [0.25, 0.3) is 0 Å². The third-order valence-electron chi connectivity index (χ3n) is 3.53. The largest absolute Gasteiger partial charge is 0.360 e. The standard InChI is InChI=1S/C15H23N3S/c1-11-9-12(2)16-14(10-11)18-15(19)17-13-7-5-3-4-6-8-13/h9-10,13H,3-8H2,1-2H3,(H2,16,17,18,19). The average Bonchev–Trinajstić information content (AvgIpc) is 2.55. The molecule has 2 N–H and O–H groups in total. The Morgan fingerprint density at radius 1 is 1.16 bits per heavy atom. The van der Waals surface area contributed by atoms with Gasteiger partial charge in [-0.05, 0) is 56.6 Å². The lowest BCUT2D eigenvalue weighted by Gasteiger charge is -2.19. The molecule has 0 bridgehead atoms. The molecule has 0 amide bonds. The number of rotatable bonds is 2. The first-order valence-corrected chi connectivity index (χ1v) is 7.57. The molecule has 0 spiro atoms. The number of aryl methyl sites for hydroxylation is 2. The molecule has 1 saturated carbocycles. The quantitative estimate of drug-likeness (QED) is 0.638. The highest BCUT2D eigenvalue weighted by molar-refractivity contribution is 7.80. The summed E-state index contributed by atoms with van der Waals surface area (Å²) < 4.78 is 0. The number of anilines is 1. The Balaban J connectivity index is 1.89. The van der Waals surface area contributed by atoms with Gasteiger partial charge >= 0.3 is 0 Å². The molecule has 0 saturated heterocycles. The van der Waals surface area contributed by atoms with Crippen molar-refractivity contribution in [1.29, 1.82) is 0 Å². The van der Waals surface area contributed by atoms with E-state index in [1.54, 1.807) is 0 Å². The Morgan fingerprint density at radius 2 is 1.84 bits per heavy atom. The van der Waals surface area contributed by atoms with E-state index in [0.717, 1.165) is 11.5 Å². The molecule has 0 aromatic carbocycles. The van der Waals surface area contributed by atoms with Crippen molar-refractivity contribution in [3.05, 3.63) is 23.4 Å².